The monoisotopic (exact) mass is 836 g/mol. The third-order valence-corrected chi connectivity index (χ3v) is 12.9. The molecular weight excluding hydrogens is 785 g/mol. The van der Waals surface area contributed by atoms with E-state index < -0.39 is 0 Å². The first-order valence-electron chi connectivity index (χ1n) is 22.7. The van der Waals surface area contributed by atoms with Gasteiger partial charge in [-0.05, 0) is 132 Å². The summed E-state index contributed by atoms with van der Waals surface area (Å²) in [6, 6.07) is 77.1. The maximum Gasteiger partial charge on any atom is 0.0541 e. The second-order valence-electron chi connectivity index (χ2n) is 17.0. The molecule has 0 fully saturated rings. The highest BCUT2D eigenvalue weighted by Crippen LogP contribution is 2.36. The molecule has 0 radical (unpaired) electrons. The first-order chi connectivity index (χ1) is 32.0. The zero-order chi connectivity index (χ0) is 44.3. The lowest BCUT2D eigenvalue weighted by molar-refractivity contribution is 0.909. The Morgan fingerprint density at radius 1 is 0.446 bits per heavy atom. The molecule has 0 saturated heterocycles. The molecule has 12 rings (SSSR count). The molecule has 314 valence electrons. The molecule has 65 heavy (non-hydrogen) atoms. The SMILES string of the molecule is C1=c2c(n(-c3cccc(-c4ccc(-c5ccc6ccccc6c5)cc4)c3)c3ccccc23)=CCC1c1ccc2c(c1)c1ccccc1n2-c1ccccc1.C=CC.Cc1ccccc1C. The van der Waals surface area contributed by atoms with Crippen molar-refractivity contribution in [1.29, 1.82) is 0 Å². The van der Waals surface area contributed by atoms with Crippen LogP contribution in [-0.4, -0.2) is 9.13 Å². The molecule has 2 heterocycles. The lowest BCUT2D eigenvalue weighted by Gasteiger charge is -2.16. The minimum Gasteiger partial charge on any atom is -0.310 e. The number of allylic oxidation sites excluding steroid dienone is 1. The maximum absolute atomic E-state index is 3.36. The van der Waals surface area contributed by atoms with Gasteiger partial charge in [-0.1, -0.05) is 176 Å². The van der Waals surface area contributed by atoms with Gasteiger partial charge in [0.15, 0.2) is 0 Å². The van der Waals surface area contributed by atoms with Crippen LogP contribution in [0.4, 0.5) is 0 Å². The Morgan fingerprint density at radius 2 is 1.00 bits per heavy atom. The summed E-state index contributed by atoms with van der Waals surface area (Å²) in [5.74, 6) is 0.285. The Morgan fingerprint density at radius 3 is 1.71 bits per heavy atom. The van der Waals surface area contributed by atoms with Crippen LogP contribution in [0.2, 0.25) is 0 Å². The molecule has 2 aromatic heterocycles. The van der Waals surface area contributed by atoms with Gasteiger partial charge >= 0.3 is 0 Å². The zero-order valence-corrected chi connectivity index (χ0v) is 37.3. The summed E-state index contributed by atoms with van der Waals surface area (Å²) in [6.07, 6.45) is 7.67. The standard InChI is InChI=1S/C52H36N2.C8H10.C3H6/c1-2-14-43(15-3-1)53-49-19-8-6-17-45(49)47-33-41(27-29-51(47)53)42-28-30-52-48(34-42)46-18-7-9-20-50(46)54(52)44-16-10-13-39(32-44)36-21-23-37(24-22-36)40-26-25-35-11-4-5-12-38(35)31-40;1-7-5-3-4-6-8(7)2;1-3-2/h1-27,29-34,42H,28H2;3-6H,1-2H3;3H,1H2,2H3. The minimum atomic E-state index is 0.285. The van der Waals surface area contributed by atoms with E-state index in [-0.39, 0.29) is 5.92 Å². The van der Waals surface area contributed by atoms with Crippen LogP contribution in [0.3, 0.4) is 0 Å². The van der Waals surface area contributed by atoms with E-state index in [9.17, 15) is 0 Å². The average molecular weight is 837 g/mol. The lowest BCUT2D eigenvalue weighted by Crippen LogP contribution is -2.31. The molecule has 0 saturated carbocycles. The van der Waals surface area contributed by atoms with Crippen LogP contribution in [0.5, 0.6) is 0 Å². The summed E-state index contributed by atoms with van der Waals surface area (Å²) >= 11 is 0. The Hall–Kier alpha value is -7.94. The van der Waals surface area contributed by atoms with Crippen molar-refractivity contribution in [3.63, 3.8) is 0 Å². The van der Waals surface area contributed by atoms with Gasteiger partial charge in [-0.25, -0.2) is 0 Å². The van der Waals surface area contributed by atoms with E-state index in [1.165, 1.54) is 104 Å². The van der Waals surface area contributed by atoms with Crippen molar-refractivity contribution < 1.29 is 0 Å². The van der Waals surface area contributed by atoms with Gasteiger partial charge in [-0.3, -0.25) is 0 Å². The molecule has 0 N–H and O–H groups in total. The first-order valence-corrected chi connectivity index (χ1v) is 22.7. The van der Waals surface area contributed by atoms with Crippen LogP contribution < -0.4 is 10.6 Å². The molecule has 11 aromatic rings. The Labute approximate surface area is 382 Å². The maximum atomic E-state index is 3.36. The lowest BCUT2D eigenvalue weighted by atomic mass is 9.90. The molecule has 1 aliphatic carbocycles. The number of nitrogens with zero attached hydrogens (tertiary/aromatic N) is 2. The van der Waals surface area contributed by atoms with E-state index in [1.807, 2.05) is 6.92 Å². The van der Waals surface area contributed by atoms with Gasteiger partial charge in [0.2, 0.25) is 0 Å². The van der Waals surface area contributed by atoms with Crippen molar-refractivity contribution in [2.24, 2.45) is 0 Å². The van der Waals surface area contributed by atoms with Gasteiger partial charge in [0, 0.05) is 44.0 Å². The van der Waals surface area contributed by atoms with Crippen LogP contribution in [-0.2, 0) is 0 Å². The Kier molecular flexibility index (Phi) is 11.4. The molecular formula is C63H52N2. The number of aromatic nitrogens is 2. The van der Waals surface area contributed by atoms with Gasteiger partial charge in [0.05, 0.1) is 16.6 Å². The summed E-state index contributed by atoms with van der Waals surface area (Å²) in [5, 5.41) is 9.01. The summed E-state index contributed by atoms with van der Waals surface area (Å²) in [4.78, 5) is 0. The third kappa shape index (κ3) is 8.01. The van der Waals surface area contributed by atoms with Gasteiger partial charge in [-0.15, -0.1) is 6.58 Å². The highest BCUT2D eigenvalue weighted by atomic mass is 15.0. The molecule has 1 aliphatic rings. The van der Waals surface area contributed by atoms with Gasteiger partial charge in [0.1, 0.15) is 0 Å². The van der Waals surface area contributed by atoms with Crippen molar-refractivity contribution in [3.05, 3.63) is 252 Å². The Bertz CT molecular complexity index is 3600. The van der Waals surface area contributed by atoms with E-state index >= 15 is 0 Å². The van der Waals surface area contributed by atoms with Crippen LogP contribution in [0.25, 0.3) is 89.3 Å². The van der Waals surface area contributed by atoms with E-state index in [0.717, 1.165) is 6.42 Å². The number of hydrogen-bond acceptors (Lipinski definition) is 0. The zero-order valence-electron chi connectivity index (χ0n) is 37.3. The fourth-order valence-electron chi connectivity index (χ4n) is 9.47. The Balaban J connectivity index is 0.000000403. The van der Waals surface area contributed by atoms with Crippen LogP contribution in [0, 0.1) is 13.8 Å². The second-order valence-corrected chi connectivity index (χ2v) is 17.0. The summed E-state index contributed by atoms with van der Waals surface area (Å²) in [6.45, 7) is 9.49. The smallest absolute Gasteiger partial charge is 0.0541 e. The molecule has 1 unspecified atom stereocenters. The topological polar surface area (TPSA) is 9.86 Å². The van der Waals surface area contributed by atoms with E-state index in [4.69, 9.17) is 0 Å². The molecule has 1 atom stereocenters. The van der Waals surface area contributed by atoms with Crippen molar-refractivity contribution >= 4 is 55.6 Å². The molecule has 0 bridgehead atoms. The van der Waals surface area contributed by atoms with E-state index in [0.29, 0.717) is 0 Å². The summed E-state index contributed by atoms with van der Waals surface area (Å²) in [5.41, 5.74) is 15.1. The van der Waals surface area contributed by atoms with Crippen molar-refractivity contribution in [2.45, 2.75) is 33.1 Å². The van der Waals surface area contributed by atoms with Gasteiger partial charge < -0.3 is 9.13 Å². The van der Waals surface area contributed by atoms with Crippen LogP contribution >= 0.6 is 0 Å². The first kappa shape index (κ1) is 41.1. The normalized spacial score (nSPS) is 12.9. The van der Waals surface area contributed by atoms with Crippen molar-refractivity contribution in [3.8, 4) is 33.6 Å². The average Bonchev–Trinajstić information content (AvgIpc) is 3.88. The molecule has 0 spiro atoms. The van der Waals surface area contributed by atoms with Crippen molar-refractivity contribution in [2.75, 3.05) is 0 Å². The molecule has 0 amide bonds. The number of hydrogen-bond donors (Lipinski definition) is 0. The van der Waals surface area contributed by atoms with Gasteiger partial charge in [-0.2, -0.15) is 0 Å². The number of fused-ring (bicyclic) bond motifs is 7. The third-order valence-electron chi connectivity index (χ3n) is 12.9. The van der Waals surface area contributed by atoms with E-state index in [2.05, 4.69) is 254 Å². The van der Waals surface area contributed by atoms with Gasteiger partial charge in [0.25, 0.3) is 0 Å². The molecule has 9 aromatic carbocycles. The fraction of sp³-hybridized carbons (Fsp3) is 0.0794. The number of para-hydroxylation sites is 3. The predicted octanol–water partition coefficient (Wildman–Crippen LogP) is 15.5. The molecule has 2 nitrogen and oxygen atoms in total. The highest BCUT2D eigenvalue weighted by Gasteiger charge is 2.19. The van der Waals surface area contributed by atoms with Crippen LogP contribution in [0.15, 0.2) is 225 Å². The summed E-state index contributed by atoms with van der Waals surface area (Å²) < 4.78 is 4.85. The molecule has 0 aliphatic heterocycles. The van der Waals surface area contributed by atoms with Crippen LogP contribution in [0.1, 0.15) is 36.0 Å². The number of benzene rings is 9. The molecule has 2 heteroatoms. The number of aryl methyl sites for hydroxylation is 2. The number of rotatable bonds is 5. The predicted molar refractivity (Wildman–Crippen MR) is 280 cm³/mol. The summed E-state index contributed by atoms with van der Waals surface area (Å²) in [7, 11) is 0. The quantitative estimate of drug-likeness (QED) is 0.153. The highest BCUT2D eigenvalue weighted by molar-refractivity contribution is 6.09. The second kappa shape index (κ2) is 18.0. The van der Waals surface area contributed by atoms with E-state index in [1.54, 1.807) is 6.08 Å². The largest absolute Gasteiger partial charge is 0.310 e. The van der Waals surface area contributed by atoms with Crippen molar-refractivity contribution in [1.82, 2.24) is 9.13 Å². The fourth-order valence-corrected chi connectivity index (χ4v) is 9.47. The minimum absolute atomic E-state index is 0.285.